The summed E-state index contributed by atoms with van der Waals surface area (Å²) in [5, 5.41) is 20.1. The highest BCUT2D eigenvalue weighted by atomic mass is 127. The number of fused-ring (bicyclic) bond motifs is 1. The Labute approximate surface area is 224 Å². The fraction of sp³-hybridized carbons (Fsp3) is 0.292. The van der Waals surface area contributed by atoms with E-state index in [4.69, 9.17) is 5.14 Å². The minimum Gasteiger partial charge on any atom is -0.355 e. The topological polar surface area (TPSA) is 107 Å². The summed E-state index contributed by atoms with van der Waals surface area (Å²) in [4.78, 5) is 1.13. The maximum absolute atomic E-state index is 14.1. The molecule has 37 heavy (non-hydrogen) atoms. The maximum atomic E-state index is 14.1. The summed E-state index contributed by atoms with van der Waals surface area (Å²) in [6.07, 6.45) is -2.41. The van der Waals surface area contributed by atoms with Gasteiger partial charge in [0.05, 0.1) is 16.2 Å². The number of aromatic nitrogens is 4. The molecule has 0 spiro atoms. The van der Waals surface area contributed by atoms with Crippen LogP contribution in [0.5, 0.6) is 0 Å². The molecule has 1 aliphatic heterocycles. The monoisotopic (exact) mass is 642 g/mol. The number of hydrogen-bond donors (Lipinski definition) is 1. The SMILES string of the molecule is Cn1nccc1-c1nnc(N2CCC(c3c(I)ccc(S(N)(=O)=O)c3C(F)(F)F)CC2)c2ccccc12. The van der Waals surface area contributed by atoms with E-state index in [0.29, 0.717) is 41.0 Å². The van der Waals surface area contributed by atoms with Gasteiger partial charge in [0.15, 0.2) is 5.82 Å². The van der Waals surface area contributed by atoms with Crippen molar-refractivity contribution in [2.75, 3.05) is 18.0 Å². The van der Waals surface area contributed by atoms with Gasteiger partial charge in [-0.15, -0.1) is 10.2 Å². The molecule has 0 atom stereocenters. The standard InChI is InChI=1S/C24H22F3IN6O2S/c1-33-18(8-11-30-33)22-15-4-2-3-5-16(15)23(32-31-22)34-12-9-14(10-13-34)20-17(28)6-7-19(37(29,35)36)21(20)24(25,26)27/h2-8,11,14H,9-10,12-13H2,1H3,(H2,29,35,36). The first-order valence-electron chi connectivity index (χ1n) is 11.4. The van der Waals surface area contributed by atoms with E-state index in [1.807, 2.05) is 64.9 Å². The van der Waals surface area contributed by atoms with Crippen LogP contribution >= 0.6 is 22.6 Å². The molecule has 0 radical (unpaired) electrons. The summed E-state index contributed by atoms with van der Waals surface area (Å²) in [5.74, 6) is 0.165. The van der Waals surface area contributed by atoms with Crippen LogP contribution in [0.1, 0.15) is 29.9 Å². The van der Waals surface area contributed by atoms with E-state index in [1.165, 1.54) is 6.07 Å². The van der Waals surface area contributed by atoms with Crippen LogP contribution in [0.4, 0.5) is 19.0 Å². The molecule has 1 aliphatic rings. The van der Waals surface area contributed by atoms with E-state index in [9.17, 15) is 21.6 Å². The number of nitrogens with zero attached hydrogens (tertiary/aromatic N) is 5. The second kappa shape index (κ2) is 9.51. The predicted molar refractivity (Wildman–Crippen MR) is 141 cm³/mol. The molecule has 0 saturated carbocycles. The first kappa shape index (κ1) is 25.9. The van der Waals surface area contributed by atoms with Crippen LogP contribution in [0.15, 0.2) is 53.6 Å². The van der Waals surface area contributed by atoms with Gasteiger partial charge in [0.1, 0.15) is 5.69 Å². The number of primary sulfonamides is 1. The highest BCUT2D eigenvalue weighted by Gasteiger charge is 2.42. The van der Waals surface area contributed by atoms with Crippen molar-refractivity contribution in [3.63, 3.8) is 0 Å². The minimum atomic E-state index is -4.86. The normalized spacial score (nSPS) is 15.5. The number of aryl methyl sites for hydroxylation is 1. The van der Waals surface area contributed by atoms with Gasteiger partial charge in [0.25, 0.3) is 0 Å². The van der Waals surface area contributed by atoms with Crippen molar-refractivity contribution in [1.82, 2.24) is 20.0 Å². The zero-order chi connectivity index (χ0) is 26.5. The van der Waals surface area contributed by atoms with Crippen molar-refractivity contribution in [2.24, 2.45) is 12.2 Å². The predicted octanol–water partition coefficient (Wildman–Crippen LogP) is 4.69. The first-order chi connectivity index (χ1) is 17.5. The summed E-state index contributed by atoms with van der Waals surface area (Å²) >= 11 is 1.83. The molecule has 2 aromatic heterocycles. The number of rotatable bonds is 4. The number of sulfonamides is 1. The molecular weight excluding hydrogens is 620 g/mol. The molecule has 1 fully saturated rings. The van der Waals surface area contributed by atoms with Crippen LogP contribution in [-0.2, 0) is 23.2 Å². The number of alkyl halides is 3. The Balaban J connectivity index is 1.50. The van der Waals surface area contributed by atoms with Crippen molar-refractivity contribution in [2.45, 2.75) is 29.8 Å². The van der Waals surface area contributed by atoms with E-state index in [1.54, 1.807) is 10.9 Å². The van der Waals surface area contributed by atoms with Crippen LogP contribution in [0.25, 0.3) is 22.2 Å². The van der Waals surface area contributed by atoms with Gasteiger partial charge in [-0.25, -0.2) is 13.6 Å². The number of halogens is 4. The zero-order valence-electron chi connectivity index (χ0n) is 19.6. The largest absolute Gasteiger partial charge is 0.418 e. The summed E-state index contributed by atoms with van der Waals surface area (Å²) in [6, 6.07) is 11.9. The van der Waals surface area contributed by atoms with Crippen molar-refractivity contribution < 1.29 is 21.6 Å². The second-order valence-corrected chi connectivity index (χ2v) is 11.6. The Morgan fingerprint density at radius 2 is 1.70 bits per heavy atom. The Hall–Kier alpha value is -2.78. The number of anilines is 1. The van der Waals surface area contributed by atoms with Crippen LogP contribution in [-0.4, -0.2) is 41.5 Å². The number of nitrogens with two attached hydrogens (primary N) is 1. The van der Waals surface area contributed by atoms with E-state index in [-0.39, 0.29) is 5.56 Å². The van der Waals surface area contributed by atoms with Crippen molar-refractivity contribution in [3.8, 4) is 11.4 Å². The van der Waals surface area contributed by atoms with E-state index < -0.39 is 32.6 Å². The highest BCUT2D eigenvalue weighted by Crippen LogP contribution is 2.44. The second-order valence-electron chi connectivity index (χ2n) is 8.90. The van der Waals surface area contributed by atoms with Gasteiger partial charge < -0.3 is 4.90 Å². The molecule has 1 saturated heterocycles. The lowest BCUT2D eigenvalue weighted by molar-refractivity contribution is -0.140. The quantitative estimate of drug-likeness (QED) is 0.324. The molecule has 0 aliphatic carbocycles. The highest BCUT2D eigenvalue weighted by molar-refractivity contribution is 14.1. The molecule has 0 amide bonds. The van der Waals surface area contributed by atoms with Gasteiger partial charge in [-0.3, -0.25) is 4.68 Å². The van der Waals surface area contributed by atoms with Crippen LogP contribution in [0, 0.1) is 3.57 Å². The number of piperidine rings is 1. The number of benzene rings is 2. The molecule has 194 valence electrons. The molecule has 3 heterocycles. The fourth-order valence-corrected chi connectivity index (χ4v) is 6.66. The van der Waals surface area contributed by atoms with Crippen LogP contribution < -0.4 is 10.0 Å². The van der Waals surface area contributed by atoms with Gasteiger partial charge in [-0.1, -0.05) is 24.3 Å². The summed E-state index contributed by atoms with van der Waals surface area (Å²) < 4.78 is 68.4. The lowest BCUT2D eigenvalue weighted by Crippen LogP contribution is -2.35. The van der Waals surface area contributed by atoms with Crippen molar-refractivity contribution >= 4 is 49.2 Å². The number of hydrogen-bond acceptors (Lipinski definition) is 6. The van der Waals surface area contributed by atoms with Crippen LogP contribution in [0.2, 0.25) is 0 Å². The first-order valence-corrected chi connectivity index (χ1v) is 14.0. The molecule has 8 nitrogen and oxygen atoms in total. The molecule has 5 rings (SSSR count). The van der Waals surface area contributed by atoms with Gasteiger partial charge in [0, 0.05) is 40.7 Å². The molecule has 0 bridgehead atoms. The average molecular weight is 642 g/mol. The molecule has 2 N–H and O–H groups in total. The Morgan fingerprint density at radius 1 is 1.03 bits per heavy atom. The third kappa shape index (κ3) is 4.79. The Kier molecular flexibility index (Phi) is 6.64. The lowest BCUT2D eigenvalue weighted by atomic mass is 9.86. The molecular formula is C24H22F3IN6O2S. The third-order valence-corrected chi connectivity index (χ3v) is 8.57. The zero-order valence-corrected chi connectivity index (χ0v) is 22.5. The molecule has 2 aromatic carbocycles. The Morgan fingerprint density at radius 3 is 2.30 bits per heavy atom. The fourth-order valence-electron chi connectivity index (χ4n) is 5.00. The average Bonchev–Trinajstić information content (AvgIpc) is 3.27. The third-order valence-electron chi connectivity index (χ3n) is 6.68. The van der Waals surface area contributed by atoms with Crippen LogP contribution in [0.3, 0.4) is 0 Å². The van der Waals surface area contributed by atoms with Gasteiger partial charge >= 0.3 is 6.18 Å². The summed E-state index contributed by atoms with van der Waals surface area (Å²) in [6.45, 7) is 0.864. The molecule has 13 heteroatoms. The van der Waals surface area contributed by atoms with Gasteiger partial charge in [0.2, 0.25) is 10.0 Å². The molecule has 0 unspecified atom stereocenters. The van der Waals surface area contributed by atoms with Crippen molar-refractivity contribution in [1.29, 1.82) is 0 Å². The summed E-state index contributed by atoms with van der Waals surface area (Å²) in [5.41, 5.74) is 0.337. The smallest absolute Gasteiger partial charge is 0.355 e. The van der Waals surface area contributed by atoms with E-state index >= 15 is 0 Å². The maximum Gasteiger partial charge on any atom is 0.418 e. The Bertz CT molecular complexity index is 1600. The van der Waals surface area contributed by atoms with E-state index in [0.717, 1.165) is 22.5 Å². The van der Waals surface area contributed by atoms with Gasteiger partial charge in [-0.2, -0.15) is 18.3 Å². The molecule has 4 aromatic rings. The van der Waals surface area contributed by atoms with Gasteiger partial charge in [-0.05, 0) is 65.1 Å². The summed E-state index contributed by atoms with van der Waals surface area (Å²) in [7, 11) is -2.73. The lowest BCUT2D eigenvalue weighted by Gasteiger charge is -2.35. The van der Waals surface area contributed by atoms with Crippen molar-refractivity contribution in [3.05, 3.63) is 63.4 Å². The van der Waals surface area contributed by atoms with E-state index in [2.05, 4.69) is 15.3 Å². The minimum absolute atomic E-state index is 0.0122.